The van der Waals surface area contributed by atoms with Gasteiger partial charge in [0.15, 0.2) is 23.1 Å². The second kappa shape index (κ2) is 8.08. The van der Waals surface area contributed by atoms with Crippen LogP contribution >= 0.6 is 0 Å². The molecule has 8 heteroatoms. The lowest BCUT2D eigenvalue weighted by atomic mass is 10.1. The summed E-state index contributed by atoms with van der Waals surface area (Å²) < 4.78 is 36.8. The van der Waals surface area contributed by atoms with Gasteiger partial charge in [0.05, 0.1) is 12.0 Å². The minimum absolute atomic E-state index is 0.0473. The van der Waals surface area contributed by atoms with Gasteiger partial charge in [-0.05, 0) is 36.8 Å². The SMILES string of the molecule is CCCCOC(=O)c1nc(O)c2cc(Oc3ccc(F)c(F)c3)ccc2c1O. The van der Waals surface area contributed by atoms with Gasteiger partial charge < -0.3 is 19.7 Å². The summed E-state index contributed by atoms with van der Waals surface area (Å²) in [6.07, 6.45) is 1.49. The zero-order valence-electron chi connectivity index (χ0n) is 14.9. The van der Waals surface area contributed by atoms with Crippen molar-refractivity contribution in [3.63, 3.8) is 0 Å². The lowest BCUT2D eigenvalue weighted by molar-refractivity contribution is 0.0488. The molecule has 0 bridgehead atoms. The second-order valence-corrected chi connectivity index (χ2v) is 6.01. The molecule has 0 aliphatic rings. The predicted octanol–water partition coefficient (Wildman–Crippen LogP) is 4.67. The number of carbonyl (C=O) groups is 1. The molecule has 3 aromatic rings. The third kappa shape index (κ3) is 3.95. The molecule has 3 rings (SSSR count). The molecule has 0 atom stereocenters. The van der Waals surface area contributed by atoms with E-state index in [1.54, 1.807) is 0 Å². The topological polar surface area (TPSA) is 88.9 Å². The van der Waals surface area contributed by atoms with Crippen molar-refractivity contribution >= 4 is 16.7 Å². The van der Waals surface area contributed by atoms with E-state index < -0.39 is 34.9 Å². The van der Waals surface area contributed by atoms with Crippen LogP contribution in [0.25, 0.3) is 10.8 Å². The van der Waals surface area contributed by atoms with E-state index in [1.165, 1.54) is 24.3 Å². The zero-order chi connectivity index (χ0) is 20.3. The fourth-order valence-electron chi connectivity index (χ4n) is 2.52. The van der Waals surface area contributed by atoms with Gasteiger partial charge >= 0.3 is 5.97 Å². The summed E-state index contributed by atoms with van der Waals surface area (Å²) in [5.74, 6) is -3.62. The molecule has 0 unspecified atom stereocenters. The standard InChI is InChI=1S/C20H17F2NO5/c1-2-3-8-27-20(26)17-18(24)13-6-4-11(9-14(13)19(25)23-17)28-12-5-7-15(21)16(22)10-12/h4-7,9-10,24H,2-3,8H2,1H3,(H,23,25). The molecule has 28 heavy (non-hydrogen) atoms. The molecule has 2 aromatic carbocycles. The highest BCUT2D eigenvalue weighted by Crippen LogP contribution is 2.36. The highest BCUT2D eigenvalue weighted by atomic mass is 19.2. The van der Waals surface area contributed by atoms with Gasteiger partial charge in [-0.25, -0.2) is 18.6 Å². The van der Waals surface area contributed by atoms with Crippen molar-refractivity contribution in [3.05, 3.63) is 53.7 Å². The minimum Gasteiger partial charge on any atom is -0.505 e. The highest BCUT2D eigenvalue weighted by molar-refractivity contribution is 6.01. The molecule has 2 N–H and O–H groups in total. The first-order chi connectivity index (χ1) is 13.4. The van der Waals surface area contributed by atoms with Crippen LogP contribution < -0.4 is 4.74 Å². The fourth-order valence-corrected chi connectivity index (χ4v) is 2.52. The van der Waals surface area contributed by atoms with Crippen LogP contribution in [0, 0.1) is 11.6 Å². The van der Waals surface area contributed by atoms with E-state index in [2.05, 4.69) is 4.98 Å². The summed E-state index contributed by atoms with van der Waals surface area (Å²) in [5.41, 5.74) is -0.393. The van der Waals surface area contributed by atoms with Crippen LogP contribution in [0.4, 0.5) is 8.78 Å². The van der Waals surface area contributed by atoms with Crippen LogP contribution in [0.5, 0.6) is 23.1 Å². The molecular weight excluding hydrogens is 372 g/mol. The third-order valence-electron chi connectivity index (χ3n) is 3.98. The monoisotopic (exact) mass is 389 g/mol. The lowest BCUT2D eigenvalue weighted by Crippen LogP contribution is -2.09. The number of nitrogens with zero attached hydrogens (tertiary/aromatic N) is 1. The van der Waals surface area contributed by atoms with Crippen molar-refractivity contribution in [2.45, 2.75) is 19.8 Å². The molecular formula is C20H17F2NO5. The van der Waals surface area contributed by atoms with Gasteiger partial charge in [0.2, 0.25) is 5.88 Å². The number of halogens is 2. The number of hydrogen-bond acceptors (Lipinski definition) is 6. The number of pyridine rings is 1. The molecule has 0 amide bonds. The second-order valence-electron chi connectivity index (χ2n) is 6.01. The van der Waals surface area contributed by atoms with Crippen molar-refractivity contribution in [3.8, 4) is 23.1 Å². The van der Waals surface area contributed by atoms with Crippen LogP contribution in [0.3, 0.4) is 0 Å². The molecule has 1 aromatic heterocycles. The Morgan fingerprint density at radius 1 is 1.04 bits per heavy atom. The van der Waals surface area contributed by atoms with Gasteiger partial charge in [-0.1, -0.05) is 13.3 Å². The Morgan fingerprint density at radius 2 is 1.75 bits per heavy atom. The van der Waals surface area contributed by atoms with Crippen molar-refractivity contribution in [2.24, 2.45) is 0 Å². The maximum Gasteiger partial charge on any atom is 0.360 e. The number of unbranched alkanes of at least 4 members (excludes halogenated alkanes) is 1. The van der Waals surface area contributed by atoms with Crippen LogP contribution in [0.15, 0.2) is 36.4 Å². The number of ether oxygens (including phenoxy) is 2. The van der Waals surface area contributed by atoms with Gasteiger partial charge in [0.25, 0.3) is 0 Å². The van der Waals surface area contributed by atoms with Crippen LogP contribution in [0.1, 0.15) is 30.3 Å². The highest BCUT2D eigenvalue weighted by Gasteiger charge is 2.20. The number of esters is 1. The van der Waals surface area contributed by atoms with Crippen molar-refractivity contribution in [2.75, 3.05) is 6.61 Å². The average molecular weight is 389 g/mol. The largest absolute Gasteiger partial charge is 0.505 e. The summed E-state index contributed by atoms with van der Waals surface area (Å²) in [7, 11) is 0. The van der Waals surface area contributed by atoms with Crippen molar-refractivity contribution in [1.29, 1.82) is 0 Å². The van der Waals surface area contributed by atoms with E-state index in [4.69, 9.17) is 9.47 Å². The number of rotatable bonds is 6. The molecule has 146 valence electrons. The molecule has 0 fully saturated rings. The number of carbonyl (C=O) groups excluding carboxylic acids is 1. The number of benzene rings is 2. The quantitative estimate of drug-likeness (QED) is 0.470. The predicted molar refractivity (Wildman–Crippen MR) is 96.7 cm³/mol. The van der Waals surface area contributed by atoms with Gasteiger partial charge in [0, 0.05) is 11.5 Å². The van der Waals surface area contributed by atoms with Crippen LogP contribution in [-0.2, 0) is 4.74 Å². The summed E-state index contributed by atoms with van der Waals surface area (Å²) in [5, 5.41) is 20.8. The normalized spacial score (nSPS) is 10.8. The van der Waals surface area contributed by atoms with Crippen molar-refractivity contribution < 1.29 is 33.3 Å². The molecule has 0 aliphatic heterocycles. The maximum atomic E-state index is 13.3. The average Bonchev–Trinajstić information content (AvgIpc) is 2.67. The molecule has 0 radical (unpaired) electrons. The fraction of sp³-hybridized carbons (Fsp3) is 0.200. The zero-order valence-corrected chi connectivity index (χ0v) is 14.9. The van der Waals surface area contributed by atoms with Crippen molar-refractivity contribution in [1.82, 2.24) is 4.98 Å². The van der Waals surface area contributed by atoms with Gasteiger partial charge in [0.1, 0.15) is 11.5 Å². The first-order valence-electron chi connectivity index (χ1n) is 8.56. The minimum atomic E-state index is -1.06. The Balaban J connectivity index is 1.92. The summed E-state index contributed by atoms with van der Waals surface area (Å²) in [4.78, 5) is 15.8. The van der Waals surface area contributed by atoms with E-state index in [-0.39, 0.29) is 28.9 Å². The Kier molecular flexibility index (Phi) is 5.58. The number of hydrogen-bond donors (Lipinski definition) is 2. The van der Waals surface area contributed by atoms with Gasteiger partial charge in [-0.2, -0.15) is 0 Å². The Morgan fingerprint density at radius 3 is 2.46 bits per heavy atom. The molecule has 0 saturated heterocycles. The van der Waals surface area contributed by atoms with E-state index in [0.29, 0.717) is 6.42 Å². The number of aromatic nitrogens is 1. The van der Waals surface area contributed by atoms with E-state index in [0.717, 1.165) is 18.6 Å². The smallest absolute Gasteiger partial charge is 0.360 e. The van der Waals surface area contributed by atoms with Gasteiger partial charge in [-0.15, -0.1) is 0 Å². The molecule has 0 saturated carbocycles. The first kappa shape index (κ1) is 19.3. The lowest BCUT2D eigenvalue weighted by Gasteiger charge is -2.11. The Labute approximate surface area is 159 Å². The molecule has 1 heterocycles. The van der Waals surface area contributed by atoms with Crippen LogP contribution in [0.2, 0.25) is 0 Å². The summed E-state index contributed by atoms with van der Waals surface area (Å²) >= 11 is 0. The number of aromatic hydroxyl groups is 2. The third-order valence-corrected chi connectivity index (χ3v) is 3.98. The Bertz CT molecular complexity index is 1040. The van der Waals surface area contributed by atoms with Crippen LogP contribution in [-0.4, -0.2) is 27.8 Å². The molecule has 6 nitrogen and oxygen atoms in total. The maximum absolute atomic E-state index is 13.3. The van der Waals surface area contributed by atoms with E-state index in [1.807, 2.05) is 6.92 Å². The summed E-state index contributed by atoms with van der Waals surface area (Å²) in [6.45, 7) is 2.11. The number of fused-ring (bicyclic) bond motifs is 1. The molecule has 0 spiro atoms. The van der Waals surface area contributed by atoms with E-state index >= 15 is 0 Å². The summed E-state index contributed by atoms with van der Waals surface area (Å²) in [6, 6.07) is 7.25. The van der Waals surface area contributed by atoms with E-state index in [9.17, 15) is 23.8 Å². The Hall–Kier alpha value is -3.42. The van der Waals surface area contributed by atoms with Gasteiger partial charge in [-0.3, -0.25) is 0 Å². The first-order valence-corrected chi connectivity index (χ1v) is 8.56. The molecule has 0 aliphatic carbocycles.